The van der Waals surface area contributed by atoms with E-state index in [4.69, 9.17) is 24.6 Å². The summed E-state index contributed by atoms with van der Waals surface area (Å²) in [6.07, 6.45) is -1.19. The second kappa shape index (κ2) is 29.1. The van der Waals surface area contributed by atoms with Gasteiger partial charge < -0.3 is 60.8 Å². The summed E-state index contributed by atoms with van der Waals surface area (Å²) in [5, 5.41) is 80.4. The molecular weight excluding hydrogens is 723 g/mol. The van der Waals surface area contributed by atoms with Gasteiger partial charge in [0.1, 0.15) is 42.0 Å². The summed E-state index contributed by atoms with van der Waals surface area (Å²) >= 11 is 0. The normalized spacial score (nSPS) is 19.4. The molecule has 0 radical (unpaired) electrons. The fourth-order valence-electron chi connectivity index (χ4n) is 4.94. The predicted molar refractivity (Wildman–Crippen MR) is 218 cm³/mol. The highest BCUT2D eigenvalue weighted by Crippen LogP contribution is 2.34. The highest BCUT2D eigenvalue weighted by molar-refractivity contribution is 6.58. The van der Waals surface area contributed by atoms with E-state index in [1.165, 1.54) is 31.3 Å². The van der Waals surface area contributed by atoms with E-state index >= 15 is 0 Å². The van der Waals surface area contributed by atoms with E-state index in [0.29, 0.717) is 46.5 Å². The van der Waals surface area contributed by atoms with Crippen molar-refractivity contribution >= 4 is 24.4 Å². The molecule has 7 atom stereocenters. The fourth-order valence-corrected chi connectivity index (χ4v) is 4.94. The van der Waals surface area contributed by atoms with Gasteiger partial charge >= 0.3 is 7.12 Å². The number of amides is 2. The number of aliphatic hydroxyl groups is 6. The number of ether oxygens (including phenoxy) is 2. The molecule has 3 aromatic rings. The molecule has 4 rings (SSSR count). The average molecular weight is 787 g/mol. The Bertz CT molecular complexity index is 1520. The molecule has 0 aromatic heterocycles. The van der Waals surface area contributed by atoms with Gasteiger partial charge in [0.25, 0.3) is 11.8 Å². The summed E-state index contributed by atoms with van der Waals surface area (Å²) in [6, 6.07) is 19.4. The Kier molecular flexibility index (Phi) is 27.0. The first kappa shape index (κ1) is 51.8. The number of aliphatic hydroxyl groups excluding tert-OH is 6. The molecule has 5 unspecified atom stereocenters. The van der Waals surface area contributed by atoms with Crippen molar-refractivity contribution < 1.29 is 59.8 Å². The van der Waals surface area contributed by atoms with Crippen molar-refractivity contribution in [1.29, 1.82) is 0 Å². The zero-order chi connectivity index (χ0) is 42.8. The van der Waals surface area contributed by atoms with Crippen molar-refractivity contribution in [3.63, 3.8) is 0 Å². The van der Waals surface area contributed by atoms with Gasteiger partial charge in [0.2, 0.25) is 0 Å². The lowest BCUT2D eigenvalue weighted by Gasteiger charge is -2.40. The Balaban J connectivity index is 0.000000898. The van der Waals surface area contributed by atoms with E-state index in [-0.39, 0.29) is 11.8 Å². The zero-order valence-electron chi connectivity index (χ0n) is 33.7. The minimum absolute atomic E-state index is 0.195. The van der Waals surface area contributed by atoms with Crippen LogP contribution in [0.5, 0.6) is 11.5 Å². The van der Waals surface area contributed by atoms with Crippen LogP contribution in [0, 0.1) is 0 Å². The van der Waals surface area contributed by atoms with E-state index in [1.54, 1.807) is 55.6 Å². The van der Waals surface area contributed by atoms with E-state index in [9.17, 15) is 35.1 Å². The number of carbonyl (C=O) groups is 2. The molecule has 14 nitrogen and oxygen atoms in total. The third-order valence-corrected chi connectivity index (χ3v) is 8.08. The van der Waals surface area contributed by atoms with Crippen molar-refractivity contribution in [1.82, 2.24) is 10.6 Å². The van der Waals surface area contributed by atoms with Crippen LogP contribution in [0.2, 0.25) is 0 Å². The lowest BCUT2D eigenvalue weighted by Crippen LogP contribution is -2.55. The minimum Gasteiger partial charge on any atom is -0.457 e. The smallest absolute Gasteiger partial charge is 0.457 e. The SMILES string of the molecule is C/C=C\CCC(O)C(O)CC.CC.CC.CNC(=O)c1ccc(B(O)O)cc1.CNC(=O)c1ccc(Oc2cccc([C@H]3OC(CO)[C@@H](O)C(O)C3O)c2)cc1. The molecule has 3 aromatic carbocycles. The number of allylic oxidation sites excluding steroid dienone is 2. The number of rotatable bonds is 12. The van der Waals surface area contributed by atoms with Crippen LogP contribution in [0.25, 0.3) is 0 Å². The third-order valence-electron chi connectivity index (χ3n) is 8.08. The molecule has 15 heteroatoms. The maximum absolute atomic E-state index is 11.6. The molecule has 0 aliphatic carbocycles. The number of hydrogen-bond donors (Lipinski definition) is 10. The van der Waals surface area contributed by atoms with Gasteiger partial charge in [-0.1, -0.05) is 71.0 Å². The first-order valence-electron chi connectivity index (χ1n) is 18.9. The van der Waals surface area contributed by atoms with Crippen molar-refractivity contribution in [3.8, 4) is 11.5 Å². The molecule has 10 N–H and O–H groups in total. The van der Waals surface area contributed by atoms with Gasteiger partial charge in [0.05, 0.1) is 18.8 Å². The Hall–Kier alpha value is -4.16. The molecule has 2 amide bonds. The molecule has 1 heterocycles. The Morgan fingerprint density at radius 3 is 1.80 bits per heavy atom. The average Bonchev–Trinajstić information content (AvgIpc) is 3.24. The van der Waals surface area contributed by atoms with Gasteiger partial charge in [-0.3, -0.25) is 9.59 Å². The van der Waals surface area contributed by atoms with Gasteiger partial charge in [-0.05, 0) is 85.7 Å². The summed E-state index contributed by atoms with van der Waals surface area (Å²) in [5.41, 5.74) is 1.89. The molecule has 312 valence electrons. The molecular formula is C41H63BN2O12. The molecule has 1 saturated heterocycles. The third kappa shape index (κ3) is 17.3. The molecule has 56 heavy (non-hydrogen) atoms. The number of nitrogens with one attached hydrogen (secondary N) is 2. The van der Waals surface area contributed by atoms with Gasteiger partial charge in [-0.25, -0.2) is 0 Å². The molecule has 0 saturated carbocycles. The molecule has 1 aliphatic heterocycles. The van der Waals surface area contributed by atoms with Crippen molar-refractivity contribution in [3.05, 3.63) is 102 Å². The highest BCUT2D eigenvalue weighted by Gasteiger charge is 2.44. The predicted octanol–water partition coefficient (Wildman–Crippen LogP) is 2.61. The Labute approximate surface area is 331 Å². The number of hydrogen-bond acceptors (Lipinski definition) is 12. The fraction of sp³-hybridized carbons (Fsp3) is 0.463. The number of benzene rings is 3. The summed E-state index contributed by atoms with van der Waals surface area (Å²) in [5.74, 6) is 0.580. The van der Waals surface area contributed by atoms with Crippen LogP contribution in [0.3, 0.4) is 0 Å². The van der Waals surface area contributed by atoms with Crippen LogP contribution < -0.4 is 20.8 Å². The number of carbonyl (C=O) groups excluding carboxylic acids is 2. The zero-order valence-corrected chi connectivity index (χ0v) is 33.7. The Morgan fingerprint density at radius 1 is 0.804 bits per heavy atom. The lowest BCUT2D eigenvalue weighted by molar-refractivity contribution is -0.231. The van der Waals surface area contributed by atoms with E-state index in [0.717, 1.165) is 6.42 Å². The molecule has 1 aliphatic rings. The van der Waals surface area contributed by atoms with Gasteiger partial charge in [0, 0.05) is 25.2 Å². The second-order valence-electron chi connectivity index (χ2n) is 11.8. The first-order chi connectivity index (χ1) is 26.8. The first-order valence-corrected chi connectivity index (χ1v) is 18.9. The summed E-state index contributed by atoms with van der Waals surface area (Å²) in [6.45, 7) is 11.3. The molecule has 0 bridgehead atoms. The van der Waals surface area contributed by atoms with Gasteiger partial charge in [0.15, 0.2) is 0 Å². The largest absolute Gasteiger partial charge is 0.488 e. The van der Waals surface area contributed by atoms with E-state index in [1.807, 2.05) is 53.7 Å². The molecule has 0 spiro atoms. The lowest BCUT2D eigenvalue weighted by atomic mass is 9.80. The minimum atomic E-state index is -1.49. The van der Waals surface area contributed by atoms with Crippen molar-refractivity contribution in [2.45, 2.75) is 104 Å². The quantitative estimate of drug-likeness (QED) is 0.0943. The van der Waals surface area contributed by atoms with Gasteiger partial charge in [-0.2, -0.15) is 0 Å². The summed E-state index contributed by atoms with van der Waals surface area (Å²) < 4.78 is 11.4. The maximum Gasteiger partial charge on any atom is 0.488 e. The van der Waals surface area contributed by atoms with Crippen LogP contribution in [0.1, 0.15) is 93.2 Å². The Morgan fingerprint density at radius 2 is 1.34 bits per heavy atom. The van der Waals surface area contributed by atoms with E-state index in [2.05, 4.69) is 10.6 Å². The summed E-state index contributed by atoms with van der Waals surface area (Å²) in [7, 11) is 1.60. The van der Waals surface area contributed by atoms with E-state index < -0.39 is 56.5 Å². The van der Waals surface area contributed by atoms with Gasteiger partial charge in [-0.15, -0.1) is 0 Å². The summed E-state index contributed by atoms with van der Waals surface area (Å²) in [4.78, 5) is 22.6. The van der Waals surface area contributed by atoms with Crippen LogP contribution >= 0.6 is 0 Å². The van der Waals surface area contributed by atoms with Crippen LogP contribution in [-0.2, 0) is 4.74 Å². The van der Waals surface area contributed by atoms with Crippen LogP contribution in [0.15, 0.2) is 84.9 Å². The molecule has 1 fully saturated rings. The van der Waals surface area contributed by atoms with Crippen molar-refractivity contribution in [2.75, 3.05) is 20.7 Å². The maximum atomic E-state index is 11.6. The van der Waals surface area contributed by atoms with Crippen LogP contribution in [0.4, 0.5) is 0 Å². The monoisotopic (exact) mass is 786 g/mol. The van der Waals surface area contributed by atoms with Crippen LogP contribution in [-0.4, -0.2) is 117 Å². The second-order valence-corrected chi connectivity index (χ2v) is 11.8. The standard InChI is InChI=1S/C20H23NO7.C9H18O2.C8H10BNO3.2C2H6/c1-21-20(26)11-5-7-13(8-6-11)27-14-4-2-3-12(9-14)19-18(25)17(24)16(23)15(10-22)28-19;1-3-5-6-7-9(11)8(10)4-2;1-10-8(11)6-2-4-7(5-3-6)9(12)13;2*1-2/h2-9,15-19,22-25H,10H2,1H3,(H,21,26);3,5,8-11H,4,6-7H2,1-2H3;2-5,12-13H,1H3,(H,10,11);2*1-2H3/b;5-3-;;;/t15?,16-,17?,18?,19-;;;;/m1..../s1. The topological polar surface area (TPSA) is 238 Å². The van der Waals surface area contributed by atoms with Crippen molar-refractivity contribution in [2.24, 2.45) is 0 Å². The highest BCUT2D eigenvalue weighted by atomic mass is 16.5.